The van der Waals surface area contributed by atoms with Crippen LogP contribution < -0.4 is 4.74 Å². The molecule has 15 heavy (non-hydrogen) atoms. The zero-order valence-electron chi connectivity index (χ0n) is 8.55. The van der Waals surface area contributed by atoms with Gasteiger partial charge >= 0.3 is 0 Å². The molecule has 1 N–H and O–H groups in total. The second-order valence-electron chi connectivity index (χ2n) is 3.04. The number of nitriles is 1. The topological polar surface area (TPSA) is 53.2 Å². The summed E-state index contributed by atoms with van der Waals surface area (Å²) in [6.45, 7) is 2.06. The fourth-order valence-corrected chi connectivity index (χ4v) is 1.09. The molecule has 0 aliphatic carbocycles. The molecule has 0 fully saturated rings. The Balaban J connectivity index is 2.48. The quantitative estimate of drug-likeness (QED) is 0.760. The number of rotatable bonds is 4. The van der Waals surface area contributed by atoms with E-state index in [2.05, 4.69) is 0 Å². The van der Waals surface area contributed by atoms with Gasteiger partial charge in [-0.1, -0.05) is 12.2 Å². The Morgan fingerprint density at radius 2 is 2.13 bits per heavy atom. The molecule has 1 aromatic carbocycles. The monoisotopic (exact) mass is 203 g/mol. The van der Waals surface area contributed by atoms with Crippen molar-refractivity contribution in [3.05, 3.63) is 42.0 Å². The molecule has 3 nitrogen and oxygen atoms in total. The van der Waals surface area contributed by atoms with E-state index in [1.165, 1.54) is 0 Å². The van der Waals surface area contributed by atoms with Crippen molar-refractivity contribution in [3.63, 3.8) is 0 Å². The molecule has 0 aromatic heterocycles. The first-order chi connectivity index (χ1) is 7.26. The zero-order chi connectivity index (χ0) is 11.1. The molecule has 0 amide bonds. The molecule has 1 aromatic rings. The van der Waals surface area contributed by atoms with E-state index >= 15 is 0 Å². The smallest absolute Gasteiger partial charge is 0.119 e. The Kier molecular flexibility index (Phi) is 4.39. The summed E-state index contributed by atoms with van der Waals surface area (Å²) in [7, 11) is 0. The highest BCUT2D eigenvalue weighted by molar-refractivity contribution is 5.34. The van der Waals surface area contributed by atoms with Gasteiger partial charge in [0.15, 0.2) is 0 Å². The summed E-state index contributed by atoms with van der Waals surface area (Å²) >= 11 is 0. The maximum atomic E-state index is 9.35. The number of aliphatic hydroxyl groups excluding tert-OH is 1. The fourth-order valence-electron chi connectivity index (χ4n) is 1.09. The van der Waals surface area contributed by atoms with Gasteiger partial charge in [-0.05, 0) is 31.2 Å². The van der Waals surface area contributed by atoms with Crippen molar-refractivity contribution in [1.29, 1.82) is 5.26 Å². The molecule has 0 saturated carbocycles. The molecule has 3 heteroatoms. The normalized spacial score (nSPS) is 12.3. The van der Waals surface area contributed by atoms with Crippen LogP contribution in [-0.4, -0.2) is 17.8 Å². The molecule has 1 unspecified atom stereocenters. The molecular weight excluding hydrogens is 190 g/mol. The average Bonchev–Trinajstić information content (AvgIpc) is 2.27. The summed E-state index contributed by atoms with van der Waals surface area (Å²) in [5.41, 5.74) is 0.594. The highest BCUT2D eigenvalue weighted by atomic mass is 16.5. The minimum atomic E-state index is -0.592. The van der Waals surface area contributed by atoms with Gasteiger partial charge in [0.2, 0.25) is 0 Å². The number of hydrogen-bond donors (Lipinski definition) is 1. The maximum Gasteiger partial charge on any atom is 0.119 e. The third kappa shape index (κ3) is 3.84. The summed E-state index contributed by atoms with van der Waals surface area (Å²) in [5.74, 6) is 0.651. The van der Waals surface area contributed by atoms with E-state index in [9.17, 15) is 5.11 Å². The molecule has 0 bridgehead atoms. The Morgan fingerprint density at radius 3 is 2.67 bits per heavy atom. The molecule has 0 spiro atoms. The number of aliphatic hydroxyl groups is 1. The van der Waals surface area contributed by atoms with Crippen LogP contribution in [0.2, 0.25) is 0 Å². The lowest BCUT2D eigenvalue weighted by atomic mass is 10.2. The van der Waals surface area contributed by atoms with Crippen LogP contribution in [0.5, 0.6) is 5.75 Å². The number of ether oxygens (including phenoxy) is 1. The van der Waals surface area contributed by atoms with E-state index in [0.717, 1.165) is 0 Å². The standard InChI is InChI=1S/C12H13NO2/c1-2-3-11(14)9-15-12-6-4-10(8-13)5-7-12/h2-7,11,14H,9H2,1H3. The molecule has 78 valence electrons. The van der Waals surface area contributed by atoms with Crippen LogP contribution in [0, 0.1) is 11.3 Å². The Morgan fingerprint density at radius 1 is 1.47 bits per heavy atom. The molecule has 0 aliphatic heterocycles. The molecule has 0 aliphatic rings. The van der Waals surface area contributed by atoms with Gasteiger partial charge in [0.25, 0.3) is 0 Å². The summed E-state index contributed by atoms with van der Waals surface area (Å²) in [5, 5.41) is 17.9. The van der Waals surface area contributed by atoms with Gasteiger partial charge in [0, 0.05) is 0 Å². The van der Waals surface area contributed by atoms with Gasteiger partial charge in [0.05, 0.1) is 11.6 Å². The zero-order valence-corrected chi connectivity index (χ0v) is 8.55. The van der Waals surface area contributed by atoms with E-state index in [0.29, 0.717) is 11.3 Å². The van der Waals surface area contributed by atoms with Crippen molar-refractivity contribution in [1.82, 2.24) is 0 Å². The lowest BCUT2D eigenvalue weighted by molar-refractivity contribution is 0.144. The van der Waals surface area contributed by atoms with Crippen LogP contribution in [0.3, 0.4) is 0 Å². The molecule has 1 atom stereocenters. The van der Waals surface area contributed by atoms with Crippen molar-refractivity contribution < 1.29 is 9.84 Å². The second kappa shape index (κ2) is 5.84. The van der Waals surface area contributed by atoms with Gasteiger partial charge in [-0.3, -0.25) is 0 Å². The summed E-state index contributed by atoms with van der Waals surface area (Å²) in [4.78, 5) is 0. The van der Waals surface area contributed by atoms with Crippen molar-refractivity contribution in [2.24, 2.45) is 0 Å². The molecule has 0 saturated heterocycles. The van der Waals surface area contributed by atoms with Crippen molar-refractivity contribution in [3.8, 4) is 11.8 Å². The SMILES string of the molecule is CC=CC(O)COc1ccc(C#N)cc1. The van der Waals surface area contributed by atoms with Gasteiger partial charge in [-0.2, -0.15) is 5.26 Å². The third-order valence-electron chi connectivity index (χ3n) is 1.82. The minimum absolute atomic E-state index is 0.218. The van der Waals surface area contributed by atoms with Gasteiger partial charge < -0.3 is 9.84 Å². The van der Waals surface area contributed by atoms with Crippen LogP contribution in [0.25, 0.3) is 0 Å². The molecule has 0 radical (unpaired) electrons. The van der Waals surface area contributed by atoms with Gasteiger partial charge in [-0.25, -0.2) is 0 Å². The number of benzene rings is 1. The number of allylic oxidation sites excluding steroid dienone is 1. The molecule has 0 heterocycles. The lowest BCUT2D eigenvalue weighted by Gasteiger charge is -2.08. The van der Waals surface area contributed by atoms with E-state index in [4.69, 9.17) is 10.00 Å². The summed E-state index contributed by atoms with van der Waals surface area (Å²) in [6, 6.07) is 8.80. The van der Waals surface area contributed by atoms with Gasteiger partial charge in [-0.15, -0.1) is 0 Å². The third-order valence-corrected chi connectivity index (χ3v) is 1.82. The molecular formula is C12H13NO2. The fraction of sp³-hybridized carbons (Fsp3) is 0.250. The van der Waals surface area contributed by atoms with Crippen LogP contribution in [0.15, 0.2) is 36.4 Å². The van der Waals surface area contributed by atoms with Crippen LogP contribution >= 0.6 is 0 Å². The number of nitrogens with zero attached hydrogens (tertiary/aromatic N) is 1. The minimum Gasteiger partial charge on any atom is -0.491 e. The van der Waals surface area contributed by atoms with E-state index in [1.807, 2.05) is 13.0 Å². The van der Waals surface area contributed by atoms with Crippen molar-refractivity contribution in [2.75, 3.05) is 6.61 Å². The maximum absolute atomic E-state index is 9.35. The highest BCUT2D eigenvalue weighted by Crippen LogP contribution is 2.11. The van der Waals surface area contributed by atoms with Crippen LogP contribution in [-0.2, 0) is 0 Å². The van der Waals surface area contributed by atoms with Crippen LogP contribution in [0.1, 0.15) is 12.5 Å². The summed E-state index contributed by atoms with van der Waals surface area (Å²) in [6.07, 6.45) is 2.84. The Bertz CT molecular complexity index is 362. The first-order valence-electron chi connectivity index (χ1n) is 4.70. The van der Waals surface area contributed by atoms with Gasteiger partial charge in [0.1, 0.15) is 18.5 Å². The average molecular weight is 203 g/mol. The highest BCUT2D eigenvalue weighted by Gasteiger charge is 2.00. The number of hydrogen-bond acceptors (Lipinski definition) is 3. The summed E-state index contributed by atoms with van der Waals surface area (Å²) < 4.78 is 5.31. The molecule has 1 rings (SSSR count). The Hall–Kier alpha value is -1.79. The van der Waals surface area contributed by atoms with E-state index < -0.39 is 6.10 Å². The largest absolute Gasteiger partial charge is 0.491 e. The predicted octanol–water partition coefficient (Wildman–Crippen LogP) is 1.87. The first kappa shape index (κ1) is 11.3. The second-order valence-corrected chi connectivity index (χ2v) is 3.04. The van der Waals surface area contributed by atoms with Crippen LogP contribution in [0.4, 0.5) is 0 Å². The Labute approximate surface area is 89.2 Å². The first-order valence-corrected chi connectivity index (χ1v) is 4.70. The van der Waals surface area contributed by atoms with E-state index in [1.54, 1.807) is 36.4 Å². The van der Waals surface area contributed by atoms with Crippen molar-refractivity contribution >= 4 is 0 Å². The predicted molar refractivity (Wildman–Crippen MR) is 57.5 cm³/mol. The van der Waals surface area contributed by atoms with Crippen molar-refractivity contribution in [2.45, 2.75) is 13.0 Å². The lowest BCUT2D eigenvalue weighted by Crippen LogP contribution is -2.14. The van der Waals surface area contributed by atoms with E-state index in [-0.39, 0.29) is 6.61 Å².